The molecule has 0 aromatic heterocycles. The number of aldehydes is 1. The predicted octanol–water partition coefficient (Wildman–Crippen LogP) is 3.15. The van der Waals surface area contributed by atoms with Crippen LogP contribution < -0.4 is 4.90 Å². The van der Waals surface area contributed by atoms with Gasteiger partial charge in [0.15, 0.2) is 0 Å². The van der Waals surface area contributed by atoms with Gasteiger partial charge in [-0.15, -0.1) is 0 Å². The minimum absolute atomic E-state index is 0.0244. The molecule has 0 bridgehead atoms. The summed E-state index contributed by atoms with van der Waals surface area (Å²) in [7, 11) is 0. The maximum absolute atomic E-state index is 13.8. The topological polar surface area (TPSA) is 46.6 Å². The quantitative estimate of drug-likeness (QED) is 0.790. The summed E-state index contributed by atoms with van der Waals surface area (Å²) < 4.78 is 19.0. The average molecular weight is 267 g/mol. The van der Waals surface area contributed by atoms with Crippen molar-refractivity contribution in [1.82, 2.24) is 0 Å². The van der Waals surface area contributed by atoms with Crippen molar-refractivity contribution in [3.05, 3.63) is 30.1 Å². The molecule has 5 heteroatoms. The van der Waals surface area contributed by atoms with E-state index in [1.54, 1.807) is 26.8 Å². The van der Waals surface area contributed by atoms with Crippen molar-refractivity contribution in [2.75, 3.05) is 4.90 Å². The van der Waals surface area contributed by atoms with Crippen LogP contribution in [0.1, 0.15) is 27.7 Å². The number of nitrogens with zero attached hydrogens (tertiary/aromatic N) is 1. The van der Waals surface area contributed by atoms with Gasteiger partial charge in [-0.2, -0.15) is 0 Å². The number of anilines is 1. The minimum atomic E-state index is -0.813. The van der Waals surface area contributed by atoms with Crippen molar-refractivity contribution in [2.24, 2.45) is 0 Å². The molecule has 0 saturated carbocycles. The van der Waals surface area contributed by atoms with E-state index in [9.17, 15) is 14.0 Å². The normalized spacial score (nSPS) is 12.7. The van der Waals surface area contributed by atoms with Crippen LogP contribution in [-0.2, 0) is 9.53 Å². The van der Waals surface area contributed by atoms with E-state index in [0.29, 0.717) is 6.29 Å². The Labute approximate surface area is 112 Å². The molecule has 1 unspecified atom stereocenters. The van der Waals surface area contributed by atoms with E-state index in [1.165, 1.54) is 25.1 Å². The molecule has 1 atom stereocenters. The Morgan fingerprint density at radius 1 is 1.37 bits per heavy atom. The third kappa shape index (κ3) is 4.05. The van der Waals surface area contributed by atoms with Gasteiger partial charge in [-0.1, -0.05) is 12.1 Å². The van der Waals surface area contributed by atoms with Gasteiger partial charge in [-0.05, 0) is 39.8 Å². The smallest absolute Gasteiger partial charge is 0.415 e. The number of carbonyl (C=O) groups excluding carboxylic acids is 2. The fraction of sp³-hybridized carbons (Fsp3) is 0.429. The first kappa shape index (κ1) is 15.1. The lowest BCUT2D eigenvalue weighted by atomic mass is 10.2. The molecule has 0 heterocycles. The van der Waals surface area contributed by atoms with Crippen molar-refractivity contribution in [3.63, 3.8) is 0 Å². The van der Waals surface area contributed by atoms with Crippen molar-refractivity contribution in [1.29, 1.82) is 0 Å². The Bertz CT molecular complexity index is 468. The first-order valence-electron chi connectivity index (χ1n) is 5.98. The lowest BCUT2D eigenvalue weighted by Crippen LogP contribution is -2.43. The molecule has 1 aromatic carbocycles. The highest BCUT2D eigenvalue weighted by atomic mass is 19.1. The molecule has 0 fully saturated rings. The first-order chi connectivity index (χ1) is 8.76. The molecule has 104 valence electrons. The number of hydrogen-bond acceptors (Lipinski definition) is 3. The fourth-order valence-corrected chi connectivity index (χ4v) is 1.50. The second-order valence-corrected chi connectivity index (χ2v) is 5.18. The van der Waals surface area contributed by atoms with Crippen LogP contribution in [0, 0.1) is 5.82 Å². The predicted molar refractivity (Wildman–Crippen MR) is 70.6 cm³/mol. The van der Waals surface area contributed by atoms with Crippen LogP contribution in [0.5, 0.6) is 0 Å². The molecule has 0 radical (unpaired) electrons. The molecule has 4 nitrogen and oxygen atoms in total. The highest BCUT2D eigenvalue weighted by Gasteiger charge is 2.28. The lowest BCUT2D eigenvalue weighted by molar-refractivity contribution is -0.108. The maximum atomic E-state index is 13.8. The monoisotopic (exact) mass is 267 g/mol. The summed E-state index contributed by atoms with van der Waals surface area (Å²) in [5.41, 5.74) is -0.695. The molecule has 0 aliphatic carbocycles. The number of benzene rings is 1. The molecule has 0 spiro atoms. The third-order valence-corrected chi connectivity index (χ3v) is 2.31. The number of carbonyl (C=O) groups is 2. The number of halogens is 1. The molecular formula is C14H18FNO3. The Morgan fingerprint density at radius 3 is 2.42 bits per heavy atom. The van der Waals surface area contributed by atoms with Crippen LogP contribution in [0.25, 0.3) is 0 Å². The van der Waals surface area contributed by atoms with Crippen molar-refractivity contribution in [3.8, 4) is 0 Å². The highest BCUT2D eigenvalue weighted by Crippen LogP contribution is 2.23. The summed E-state index contributed by atoms with van der Waals surface area (Å²) in [5.74, 6) is -0.581. The molecule has 19 heavy (non-hydrogen) atoms. The summed E-state index contributed by atoms with van der Waals surface area (Å²) in [5, 5.41) is 0. The van der Waals surface area contributed by atoms with E-state index in [4.69, 9.17) is 4.74 Å². The number of hydrogen-bond donors (Lipinski definition) is 0. The zero-order chi connectivity index (χ0) is 14.6. The van der Waals surface area contributed by atoms with Gasteiger partial charge in [0.25, 0.3) is 0 Å². The SMILES string of the molecule is CC(C=O)N(C(=O)OC(C)(C)C)c1ccccc1F. The van der Waals surface area contributed by atoms with Crippen LogP contribution in [0.2, 0.25) is 0 Å². The second kappa shape index (κ2) is 5.82. The lowest BCUT2D eigenvalue weighted by Gasteiger charge is -2.29. The molecular weight excluding hydrogens is 249 g/mol. The summed E-state index contributed by atoms with van der Waals surface area (Å²) in [4.78, 5) is 24.0. The number of rotatable bonds is 3. The highest BCUT2D eigenvalue weighted by molar-refractivity contribution is 5.92. The Morgan fingerprint density at radius 2 is 1.95 bits per heavy atom. The van der Waals surface area contributed by atoms with E-state index in [0.717, 1.165) is 4.90 Å². The van der Waals surface area contributed by atoms with Crippen molar-refractivity contribution >= 4 is 18.1 Å². The first-order valence-corrected chi connectivity index (χ1v) is 5.98. The number of ether oxygens (including phenoxy) is 1. The molecule has 1 rings (SSSR count). The fourth-order valence-electron chi connectivity index (χ4n) is 1.50. The van der Waals surface area contributed by atoms with E-state index >= 15 is 0 Å². The van der Waals surface area contributed by atoms with Crippen LogP contribution >= 0.6 is 0 Å². The van der Waals surface area contributed by atoms with Crippen molar-refractivity contribution in [2.45, 2.75) is 39.3 Å². The van der Waals surface area contributed by atoms with Crippen LogP contribution in [0.4, 0.5) is 14.9 Å². The zero-order valence-corrected chi connectivity index (χ0v) is 11.5. The molecule has 0 aliphatic rings. The van der Waals surface area contributed by atoms with Gasteiger partial charge >= 0.3 is 6.09 Å². The van der Waals surface area contributed by atoms with Crippen molar-refractivity contribution < 1.29 is 18.7 Å². The summed E-state index contributed by atoms with van der Waals surface area (Å²) in [6.45, 7) is 6.62. The Balaban J connectivity index is 3.13. The summed E-state index contributed by atoms with van der Waals surface area (Å²) in [6, 6.07) is 4.95. The number of para-hydroxylation sites is 1. The van der Waals surface area contributed by atoms with E-state index in [1.807, 2.05) is 0 Å². The van der Waals surface area contributed by atoms with Gasteiger partial charge in [0.1, 0.15) is 17.7 Å². The van der Waals surface area contributed by atoms with E-state index < -0.39 is 23.6 Å². The minimum Gasteiger partial charge on any atom is -0.443 e. The summed E-state index contributed by atoms with van der Waals surface area (Å²) in [6.07, 6.45) is -0.187. The summed E-state index contributed by atoms with van der Waals surface area (Å²) >= 11 is 0. The second-order valence-electron chi connectivity index (χ2n) is 5.18. The van der Waals surface area contributed by atoms with Gasteiger partial charge in [-0.25, -0.2) is 9.18 Å². The molecule has 1 amide bonds. The number of amides is 1. The molecule has 1 aromatic rings. The molecule has 0 aliphatic heterocycles. The van der Waals surface area contributed by atoms with Gasteiger partial charge in [0.05, 0.1) is 11.7 Å². The average Bonchev–Trinajstić information content (AvgIpc) is 2.29. The molecule has 0 N–H and O–H groups in total. The molecule has 0 saturated heterocycles. The van der Waals surface area contributed by atoms with E-state index in [-0.39, 0.29) is 5.69 Å². The van der Waals surface area contributed by atoms with E-state index in [2.05, 4.69) is 0 Å². The van der Waals surface area contributed by atoms with Gasteiger partial charge in [0.2, 0.25) is 0 Å². The van der Waals surface area contributed by atoms with Gasteiger partial charge in [0, 0.05) is 0 Å². The van der Waals surface area contributed by atoms with Crippen LogP contribution in [0.15, 0.2) is 24.3 Å². The van der Waals surface area contributed by atoms with Gasteiger partial charge < -0.3 is 9.53 Å². The Hall–Kier alpha value is -1.91. The largest absolute Gasteiger partial charge is 0.443 e. The van der Waals surface area contributed by atoms with Crippen LogP contribution in [0.3, 0.4) is 0 Å². The zero-order valence-electron chi connectivity index (χ0n) is 11.5. The van der Waals surface area contributed by atoms with Gasteiger partial charge in [-0.3, -0.25) is 4.90 Å². The standard InChI is InChI=1S/C14H18FNO3/c1-10(9-17)16(13(18)19-14(2,3)4)12-8-6-5-7-11(12)15/h5-10H,1-4H3. The third-order valence-electron chi connectivity index (χ3n) is 2.31. The maximum Gasteiger partial charge on any atom is 0.415 e. The van der Waals surface area contributed by atoms with Crippen LogP contribution in [-0.4, -0.2) is 24.0 Å². The Kier molecular flexibility index (Phi) is 4.64.